The molecular weight excluding hydrogens is 717 g/mol. The Bertz CT molecular complexity index is 3080. The van der Waals surface area contributed by atoms with E-state index in [1.165, 1.54) is 38.6 Å². The van der Waals surface area contributed by atoms with Gasteiger partial charge in [-0.2, -0.15) is 0 Å². The number of amidine groups is 1. The molecule has 0 fully saturated rings. The smallest absolute Gasteiger partial charge is 0.131 e. The Morgan fingerprint density at radius 1 is 0.441 bits per heavy atom. The van der Waals surface area contributed by atoms with Gasteiger partial charge < -0.3 is 5.32 Å². The maximum absolute atomic E-state index is 5.37. The second-order valence-corrected chi connectivity index (χ2v) is 16.3. The van der Waals surface area contributed by atoms with E-state index in [0.717, 1.165) is 61.4 Å². The zero-order valence-corrected chi connectivity index (χ0v) is 33.0. The van der Waals surface area contributed by atoms with E-state index in [9.17, 15) is 0 Å². The molecule has 0 amide bonds. The van der Waals surface area contributed by atoms with Gasteiger partial charge in [0.25, 0.3) is 0 Å². The van der Waals surface area contributed by atoms with Gasteiger partial charge in [0.15, 0.2) is 0 Å². The van der Waals surface area contributed by atoms with Crippen LogP contribution in [0, 0.1) is 0 Å². The van der Waals surface area contributed by atoms with E-state index in [1.54, 1.807) is 0 Å². The molecule has 2 N–H and O–H groups in total. The number of benzene rings is 8. The third kappa shape index (κ3) is 6.12. The van der Waals surface area contributed by atoms with Crippen LogP contribution in [0.1, 0.15) is 54.0 Å². The van der Waals surface area contributed by atoms with Crippen molar-refractivity contribution in [1.82, 2.24) is 15.6 Å². The van der Waals surface area contributed by atoms with E-state index < -0.39 is 0 Å². The van der Waals surface area contributed by atoms with Gasteiger partial charge >= 0.3 is 0 Å². The Morgan fingerprint density at radius 2 is 1.05 bits per heavy atom. The fourth-order valence-corrected chi connectivity index (χ4v) is 9.26. The Hall–Kier alpha value is -7.14. The third-order valence-electron chi connectivity index (χ3n) is 12.3. The monoisotopic (exact) mass is 758 g/mol. The Balaban J connectivity index is 1.06. The Morgan fingerprint density at radius 3 is 1.85 bits per heavy atom. The molecule has 2 unspecified atom stereocenters. The maximum atomic E-state index is 5.37. The summed E-state index contributed by atoms with van der Waals surface area (Å²) in [5.41, 5.74) is 16.3. The number of aliphatic imine (C=N–C) groups is 1. The summed E-state index contributed by atoms with van der Waals surface area (Å²) in [7, 11) is 0. The molecule has 1 aromatic heterocycles. The van der Waals surface area contributed by atoms with Gasteiger partial charge in [-0.05, 0) is 91.4 Å². The lowest BCUT2D eigenvalue weighted by Gasteiger charge is -2.32. The van der Waals surface area contributed by atoms with Crippen molar-refractivity contribution in [3.63, 3.8) is 0 Å². The minimum Gasteiger partial charge on any atom is -0.350 e. The van der Waals surface area contributed by atoms with Crippen LogP contribution in [0.3, 0.4) is 0 Å². The number of para-hydroxylation sites is 1. The van der Waals surface area contributed by atoms with Gasteiger partial charge in [-0.15, -0.1) is 0 Å². The molecule has 9 aromatic rings. The number of hydrogen-bond donors (Lipinski definition) is 2. The summed E-state index contributed by atoms with van der Waals surface area (Å²) in [6.07, 6.45) is -0.443. The summed E-state index contributed by atoms with van der Waals surface area (Å²) in [5.74, 6) is 0.867. The topological polar surface area (TPSA) is 49.3 Å². The molecule has 1 aliphatic heterocycles. The highest BCUT2D eigenvalue weighted by Gasteiger charge is 2.35. The van der Waals surface area contributed by atoms with Crippen molar-refractivity contribution >= 4 is 27.5 Å². The van der Waals surface area contributed by atoms with Crippen LogP contribution in [0.4, 0.5) is 0 Å². The second-order valence-electron chi connectivity index (χ2n) is 16.3. The number of fused-ring (bicyclic) bond motifs is 6. The average Bonchev–Trinajstić information content (AvgIpc) is 3.54. The molecule has 4 nitrogen and oxygen atoms in total. The summed E-state index contributed by atoms with van der Waals surface area (Å²) in [6.45, 7) is 4.70. The lowest BCUT2D eigenvalue weighted by atomic mass is 9.81. The van der Waals surface area contributed by atoms with Crippen LogP contribution in [0.5, 0.6) is 0 Å². The van der Waals surface area contributed by atoms with Gasteiger partial charge in [-0.25, -0.2) is 9.98 Å². The molecule has 282 valence electrons. The normalized spacial score (nSPS) is 16.6. The highest BCUT2D eigenvalue weighted by Crippen LogP contribution is 2.50. The summed E-state index contributed by atoms with van der Waals surface area (Å²) in [4.78, 5) is 10.6. The van der Waals surface area contributed by atoms with Crippen molar-refractivity contribution in [2.75, 3.05) is 0 Å². The molecule has 2 atom stereocenters. The molecule has 11 rings (SSSR count). The van der Waals surface area contributed by atoms with E-state index in [1.807, 2.05) is 6.07 Å². The number of nitrogens with zero attached hydrogens (tertiary/aromatic N) is 2. The molecule has 4 heteroatoms. The first-order chi connectivity index (χ1) is 29.0. The van der Waals surface area contributed by atoms with Gasteiger partial charge in [-0.3, -0.25) is 5.32 Å². The highest BCUT2D eigenvalue weighted by atomic mass is 15.3. The first-order valence-electron chi connectivity index (χ1n) is 20.5. The minimum atomic E-state index is -0.307. The molecular formula is C55H42N4. The lowest BCUT2D eigenvalue weighted by molar-refractivity contribution is 0.409. The maximum Gasteiger partial charge on any atom is 0.131 e. The third-order valence-corrected chi connectivity index (χ3v) is 12.3. The summed E-state index contributed by atoms with van der Waals surface area (Å²) in [5, 5.41) is 11.1. The van der Waals surface area contributed by atoms with Crippen molar-refractivity contribution in [2.24, 2.45) is 4.99 Å². The zero-order chi connectivity index (χ0) is 39.5. The minimum absolute atomic E-state index is 0.104. The van der Waals surface area contributed by atoms with Crippen LogP contribution < -0.4 is 10.6 Å². The van der Waals surface area contributed by atoms with Crippen molar-refractivity contribution in [3.05, 3.63) is 222 Å². The highest BCUT2D eigenvalue weighted by molar-refractivity contribution is 6.11. The second kappa shape index (κ2) is 14.1. The van der Waals surface area contributed by atoms with Crippen LogP contribution in [-0.4, -0.2) is 10.8 Å². The van der Waals surface area contributed by atoms with E-state index in [4.69, 9.17) is 9.98 Å². The number of nitrogens with one attached hydrogen (secondary N) is 2. The van der Waals surface area contributed by atoms with E-state index in [2.05, 4.69) is 213 Å². The van der Waals surface area contributed by atoms with Crippen molar-refractivity contribution in [1.29, 1.82) is 0 Å². The number of rotatable bonds is 6. The zero-order valence-electron chi connectivity index (χ0n) is 33.0. The SMILES string of the molecule is CC1(C)c2ccccc2-c2ccc(-c3cc(-c4ccc(-c5nc6ccccc6c6ccccc56)cc4)cc(C4N=C(c5ccccc5)NC(c5ccccc5)N4)c3)cc21. The molecule has 0 spiro atoms. The van der Waals surface area contributed by atoms with Crippen LogP contribution in [-0.2, 0) is 5.41 Å². The fraction of sp³-hybridized carbons (Fsp3) is 0.0909. The molecule has 1 aliphatic carbocycles. The first kappa shape index (κ1) is 35.1. The van der Waals surface area contributed by atoms with E-state index in [-0.39, 0.29) is 17.7 Å². The molecule has 2 heterocycles. The van der Waals surface area contributed by atoms with Crippen molar-refractivity contribution < 1.29 is 0 Å². The largest absolute Gasteiger partial charge is 0.350 e. The molecule has 2 aliphatic rings. The lowest BCUT2D eigenvalue weighted by Crippen LogP contribution is -2.44. The van der Waals surface area contributed by atoms with Crippen molar-refractivity contribution in [2.45, 2.75) is 31.6 Å². The summed E-state index contributed by atoms with van der Waals surface area (Å²) in [6, 6.07) is 69.8. The van der Waals surface area contributed by atoms with Crippen LogP contribution in [0.2, 0.25) is 0 Å². The first-order valence-corrected chi connectivity index (χ1v) is 20.5. The van der Waals surface area contributed by atoms with Gasteiger partial charge in [0.2, 0.25) is 0 Å². The molecule has 0 radical (unpaired) electrons. The number of pyridine rings is 1. The van der Waals surface area contributed by atoms with Crippen LogP contribution >= 0.6 is 0 Å². The molecule has 8 aromatic carbocycles. The summed E-state index contributed by atoms with van der Waals surface area (Å²) < 4.78 is 0. The summed E-state index contributed by atoms with van der Waals surface area (Å²) >= 11 is 0. The van der Waals surface area contributed by atoms with Gasteiger partial charge in [0.1, 0.15) is 18.2 Å². The number of aromatic nitrogens is 1. The van der Waals surface area contributed by atoms with E-state index in [0.29, 0.717) is 0 Å². The molecule has 0 bridgehead atoms. The predicted molar refractivity (Wildman–Crippen MR) is 244 cm³/mol. The van der Waals surface area contributed by atoms with Gasteiger partial charge in [0, 0.05) is 27.3 Å². The quantitative estimate of drug-likeness (QED) is 0.166. The number of hydrogen-bond acceptors (Lipinski definition) is 4. The Kier molecular flexibility index (Phi) is 8.35. The van der Waals surface area contributed by atoms with Gasteiger partial charge in [-0.1, -0.05) is 178 Å². The van der Waals surface area contributed by atoms with Crippen molar-refractivity contribution in [3.8, 4) is 44.6 Å². The molecule has 0 saturated heterocycles. The standard InChI is InChI=1S/C55H42N4/c1-55(2)48-23-13-11-20-44(48)45-30-29-39(34-49(45)55)41-31-40(35-25-27-36(28-26-35)51-47-22-10-9-19-43(47)46-21-12-14-24-50(46)56-51)32-42(33-41)54-58-52(37-15-5-3-6-16-37)57-53(59-54)38-17-7-4-8-18-38/h3-34,52,54,58H,1-2H3,(H,57,59). The van der Waals surface area contributed by atoms with Crippen LogP contribution in [0.15, 0.2) is 199 Å². The fourth-order valence-electron chi connectivity index (χ4n) is 9.26. The van der Waals surface area contributed by atoms with Gasteiger partial charge in [0.05, 0.1) is 11.2 Å². The average molecular weight is 759 g/mol. The van der Waals surface area contributed by atoms with Crippen LogP contribution in [0.25, 0.3) is 66.3 Å². The molecule has 59 heavy (non-hydrogen) atoms. The molecule has 0 saturated carbocycles. The Labute approximate surface area is 345 Å². The predicted octanol–water partition coefficient (Wildman–Crippen LogP) is 13.0. The van der Waals surface area contributed by atoms with E-state index >= 15 is 0 Å².